The number of aryl methyl sites for hydroxylation is 1. The van der Waals surface area contributed by atoms with E-state index < -0.39 is 10.8 Å². The second kappa shape index (κ2) is 10.0. The molecule has 32 heavy (non-hydrogen) atoms. The maximum Gasteiger partial charge on any atom is 0.270 e. The molecule has 1 aromatic heterocycles. The summed E-state index contributed by atoms with van der Waals surface area (Å²) in [6.45, 7) is 1.66. The van der Waals surface area contributed by atoms with Gasteiger partial charge in [0.25, 0.3) is 17.5 Å². The molecule has 0 bridgehead atoms. The highest BCUT2D eigenvalue weighted by atomic mass is 16.6. The lowest BCUT2D eigenvalue weighted by Gasteiger charge is -2.05. The molecule has 2 N–H and O–H groups in total. The number of benzene rings is 2. The van der Waals surface area contributed by atoms with E-state index in [0.29, 0.717) is 28.4 Å². The number of amides is 2. The molecule has 0 radical (unpaired) electrons. The van der Waals surface area contributed by atoms with Crippen LogP contribution in [0.1, 0.15) is 21.7 Å². The Kier molecular flexibility index (Phi) is 6.96. The Hall–Kier alpha value is -4.47. The van der Waals surface area contributed by atoms with Crippen molar-refractivity contribution in [1.82, 2.24) is 10.7 Å². The standard InChI is InChI=1S/C22H20N4O6/c1-14-3-5-15(6-4-14)22(28)23-13-21(27)25-24-12-17-8-10-20(32-17)18-11-16(26(29)30)7-9-19(18)31-2/h3-12H,13H2,1-2H3,(H,23,28)(H,25,27)/b24-12+. The van der Waals surface area contributed by atoms with Gasteiger partial charge in [0.2, 0.25) is 0 Å². The van der Waals surface area contributed by atoms with E-state index in [2.05, 4.69) is 15.8 Å². The number of non-ortho nitro benzene ring substituents is 1. The molecule has 10 heteroatoms. The van der Waals surface area contributed by atoms with Gasteiger partial charge in [-0.3, -0.25) is 19.7 Å². The van der Waals surface area contributed by atoms with E-state index in [1.165, 1.54) is 31.5 Å². The Balaban J connectivity index is 1.57. The summed E-state index contributed by atoms with van der Waals surface area (Å²) in [5, 5.41) is 17.3. The number of carbonyl (C=O) groups excluding carboxylic acids is 2. The van der Waals surface area contributed by atoms with Gasteiger partial charge in [-0.2, -0.15) is 5.10 Å². The number of nitrogens with zero attached hydrogens (tertiary/aromatic N) is 2. The van der Waals surface area contributed by atoms with E-state index in [-0.39, 0.29) is 18.1 Å². The SMILES string of the molecule is COc1ccc([N+](=O)[O-])cc1-c1ccc(/C=N/NC(=O)CNC(=O)c2ccc(C)cc2)o1. The first-order valence-corrected chi connectivity index (χ1v) is 9.47. The Morgan fingerprint density at radius 1 is 1.16 bits per heavy atom. The molecule has 0 aliphatic heterocycles. The number of furan rings is 1. The van der Waals surface area contributed by atoms with Crippen molar-refractivity contribution in [3.63, 3.8) is 0 Å². The highest BCUT2D eigenvalue weighted by Gasteiger charge is 2.15. The van der Waals surface area contributed by atoms with Crippen LogP contribution in [0.3, 0.4) is 0 Å². The molecule has 2 aromatic carbocycles. The molecule has 0 spiro atoms. The van der Waals surface area contributed by atoms with E-state index in [4.69, 9.17) is 9.15 Å². The van der Waals surface area contributed by atoms with Crippen LogP contribution in [-0.2, 0) is 4.79 Å². The smallest absolute Gasteiger partial charge is 0.270 e. The van der Waals surface area contributed by atoms with Crippen molar-refractivity contribution in [2.45, 2.75) is 6.92 Å². The van der Waals surface area contributed by atoms with Crippen LogP contribution < -0.4 is 15.5 Å². The number of carbonyl (C=O) groups is 2. The van der Waals surface area contributed by atoms with E-state index in [0.717, 1.165) is 5.56 Å². The van der Waals surface area contributed by atoms with Gasteiger partial charge in [0.1, 0.15) is 17.3 Å². The molecular formula is C22H20N4O6. The predicted molar refractivity (Wildman–Crippen MR) is 117 cm³/mol. The molecule has 0 aliphatic carbocycles. The van der Waals surface area contributed by atoms with Gasteiger partial charge in [-0.25, -0.2) is 5.43 Å². The van der Waals surface area contributed by atoms with Crippen molar-refractivity contribution in [2.75, 3.05) is 13.7 Å². The van der Waals surface area contributed by atoms with Crippen LogP contribution in [0.15, 0.2) is 64.1 Å². The number of methoxy groups -OCH3 is 1. The molecule has 0 fully saturated rings. The molecule has 10 nitrogen and oxygen atoms in total. The summed E-state index contributed by atoms with van der Waals surface area (Å²) < 4.78 is 10.9. The number of hydrazone groups is 1. The summed E-state index contributed by atoms with van der Waals surface area (Å²) in [5.41, 5.74) is 4.06. The average Bonchev–Trinajstić information content (AvgIpc) is 3.26. The highest BCUT2D eigenvalue weighted by Crippen LogP contribution is 2.34. The summed E-state index contributed by atoms with van der Waals surface area (Å²) >= 11 is 0. The van der Waals surface area contributed by atoms with Crippen LogP contribution in [0.2, 0.25) is 0 Å². The molecule has 2 amide bonds. The number of nitro benzene ring substituents is 1. The molecule has 164 valence electrons. The number of nitro groups is 1. The monoisotopic (exact) mass is 436 g/mol. The Morgan fingerprint density at radius 2 is 1.91 bits per heavy atom. The van der Waals surface area contributed by atoms with E-state index in [1.54, 1.807) is 36.4 Å². The van der Waals surface area contributed by atoms with Crippen molar-refractivity contribution in [3.05, 3.63) is 81.6 Å². The van der Waals surface area contributed by atoms with Gasteiger partial charge in [-0.1, -0.05) is 17.7 Å². The third-order valence-corrected chi connectivity index (χ3v) is 4.39. The van der Waals surface area contributed by atoms with Crippen molar-refractivity contribution in [1.29, 1.82) is 0 Å². The number of hydrogen-bond acceptors (Lipinski definition) is 7. The van der Waals surface area contributed by atoms with Crippen molar-refractivity contribution in [3.8, 4) is 17.1 Å². The maximum atomic E-state index is 12.0. The molecule has 3 aromatic rings. The lowest BCUT2D eigenvalue weighted by Crippen LogP contribution is -2.34. The Bertz CT molecular complexity index is 1170. The van der Waals surface area contributed by atoms with Gasteiger partial charge in [0, 0.05) is 17.7 Å². The fourth-order valence-electron chi connectivity index (χ4n) is 2.74. The first kappa shape index (κ1) is 22.2. The topological polar surface area (TPSA) is 136 Å². The van der Waals surface area contributed by atoms with Gasteiger partial charge in [-0.15, -0.1) is 0 Å². The zero-order chi connectivity index (χ0) is 23.1. The molecule has 0 aliphatic rings. The van der Waals surface area contributed by atoms with E-state index >= 15 is 0 Å². The van der Waals surface area contributed by atoms with Crippen LogP contribution in [0, 0.1) is 17.0 Å². The van der Waals surface area contributed by atoms with E-state index in [9.17, 15) is 19.7 Å². The van der Waals surface area contributed by atoms with Crippen molar-refractivity contribution < 1.29 is 23.7 Å². The third-order valence-electron chi connectivity index (χ3n) is 4.39. The second-order valence-electron chi connectivity index (χ2n) is 6.69. The quantitative estimate of drug-likeness (QED) is 0.316. The lowest BCUT2D eigenvalue weighted by molar-refractivity contribution is -0.384. The number of nitrogens with one attached hydrogen (secondary N) is 2. The first-order chi connectivity index (χ1) is 15.4. The normalized spacial score (nSPS) is 10.7. The van der Waals surface area contributed by atoms with Crippen molar-refractivity contribution >= 4 is 23.7 Å². The minimum Gasteiger partial charge on any atom is -0.496 e. The van der Waals surface area contributed by atoms with Crippen LogP contribution in [-0.4, -0.2) is 36.6 Å². The van der Waals surface area contributed by atoms with Crippen LogP contribution in [0.4, 0.5) is 5.69 Å². The highest BCUT2D eigenvalue weighted by molar-refractivity contribution is 5.96. The average molecular weight is 436 g/mol. The molecule has 0 saturated carbocycles. The maximum absolute atomic E-state index is 12.0. The summed E-state index contributed by atoms with van der Waals surface area (Å²) in [6, 6.07) is 14.3. The molecule has 1 heterocycles. The minimum atomic E-state index is -0.520. The van der Waals surface area contributed by atoms with Gasteiger partial charge in [0.05, 0.1) is 30.4 Å². The fourth-order valence-corrected chi connectivity index (χ4v) is 2.74. The molecule has 0 atom stereocenters. The Morgan fingerprint density at radius 3 is 2.59 bits per heavy atom. The van der Waals surface area contributed by atoms with Crippen LogP contribution in [0.25, 0.3) is 11.3 Å². The summed E-state index contributed by atoms with van der Waals surface area (Å²) in [4.78, 5) is 34.4. The zero-order valence-corrected chi connectivity index (χ0v) is 17.3. The molecule has 0 unspecified atom stereocenters. The second-order valence-corrected chi connectivity index (χ2v) is 6.69. The molecular weight excluding hydrogens is 416 g/mol. The molecule has 0 saturated heterocycles. The fraction of sp³-hybridized carbons (Fsp3) is 0.136. The van der Waals surface area contributed by atoms with Crippen LogP contribution >= 0.6 is 0 Å². The van der Waals surface area contributed by atoms with Gasteiger partial charge in [-0.05, 0) is 37.3 Å². The summed E-state index contributed by atoms with van der Waals surface area (Å²) in [6.07, 6.45) is 1.27. The summed E-state index contributed by atoms with van der Waals surface area (Å²) in [5.74, 6) is 0.159. The predicted octanol–water partition coefficient (Wildman–Crippen LogP) is 3.05. The van der Waals surface area contributed by atoms with Gasteiger partial charge < -0.3 is 14.5 Å². The zero-order valence-electron chi connectivity index (χ0n) is 17.3. The molecule has 3 rings (SSSR count). The largest absolute Gasteiger partial charge is 0.496 e. The first-order valence-electron chi connectivity index (χ1n) is 9.47. The minimum absolute atomic E-state index is 0.104. The van der Waals surface area contributed by atoms with Gasteiger partial charge in [0.15, 0.2) is 0 Å². The van der Waals surface area contributed by atoms with Gasteiger partial charge >= 0.3 is 0 Å². The lowest BCUT2D eigenvalue weighted by atomic mass is 10.1. The number of ether oxygens (including phenoxy) is 1. The summed E-state index contributed by atoms with van der Waals surface area (Å²) in [7, 11) is 1.45. The number of rotatable bonds is 8. The van der Waals surface area contributed by atoms with E-state index in [1.807, 2.05) is 6.92 Å². The third kappa shape index (κ3) is 5.57. The number of hydrogen-bond donors (Lipinski definition) is 2. The van der Waals surface area contributed by atoms with Crippen molar-refractivity contribution in [2.24, 2.45) is 5.10 Å². The Labute approximate surface area is 183 Å². The van der Waals surface area contributed by atoms with Crippen LogP contribution in [0.5, 0.6) is 5.75 Å².